The van der Waals surface area contributed by atoms with E-state index in [4.69, 9.17) is 14.2 Å². The number of esters is 3. The molecule has 0 aliphatic heterocycles. The third-order valence-corrected chi connectivity index (χ3v) is 13.1. The molecule has 0 saturated carbocycles. The van der Waals surface area contributed by atoms with Gasteiger partial charge in [-0.2, -0.15) is 0 Å². The van der Waals surface area contributed by atoms with Crippen molar-refractivity contribution in [3.8, 4) is 0 Å². The first-order valence-corrected chi connectivity index (χ1v) is 31.8. The highest BCUT2D eigenvalue weighted by Crippen LogP contribution is 2.15. The van der Waals surface area contributed by atoms with Crippen molar-refractivity contribution in [2.45, 2.75) is 277 Å². The lowest BCUT2D eigenvalue weighted by Gasteiger charge is -2.18. The number of carbonyl (C=O) groups excluding carboxylic acids is 3. The van der Waals surface area contributed by atoms with Gasteiger partial charge in [0.05, 0.1) is 0 Å². The monoisotopic (exact) mass is 1080 g/mol. The maximum atomic E-state index is 12.9. The Bertz CT molecular complexity index is 1710. The van der Waals surface area contributed by atoms with Crippen LogP contribution >= 0.6 is 0 Å². The lowest BCUT2D eigenvalue weighted by atomic mass is 10.1. The molecule has 0 saturated heterocycles. The molecule has 6 heteroatoms. The fraction of sp³-hybridized carbons (Fsp3) is 0.625. The van der Waals surface area contributed by atoms with Crippen molar-refractivity contribution in [3.63, 3.8) is 0 Å². The Kier molecular flexibility index (Phi) is 60.9. The van der Waals surface area contributed by atoms with Crippen LogP contribution in [-0.2, 0) is 28.6 Å². The summed E-state index contributed by atoms with van der Waals surface area (Å²) in [4.78, 5) is 38.3. The molecule has 1 unspecified atom stereocenters. The van der Waals surface area contributed by atoms with E-state index in [0.717, 1.165) is 161 Å². The highest BCUT2D eigenvalue weighted by atomic mass is 16.6. The van der Waals surface area contributed by atoms with Gasteiger partial charge in [-0.25, -0.2) is 0 Å². The lowest BCUT2D eigenvalue weighted by molar-refractivity contribution is -0.167. The van der Waals surface area contributed by atoms with Crippen LogP contribution in [0.5, 0.6) is 0 Å². The smallest absolute Gasteiger partial charge is 0.306 e. The zero-order chi connectivity index (χ0) is 56.4. The second-order valence-corrected chi connectivity index (χ2v) is 20.5. The molecule has 0 radical (unpaired) electrons. The second kappa shape index (κ2) is 64.8. The van der Waals surface area contributed by atoms with E-state index in [-0.39, 0.29) is 31.1 Å². The summed E-state index contributed by atoms with van der Waals surface area (Å²) >= 11 is 0. The van der Waals surface area contributed by atoms with E-state index in [0.29, 0.717) is 19.3 Å². The summed E-state index contributed by atoms with van der Waals surface area (Å²) in [7, 11) is 0. The van der Waals surface area contributed by atoms with Crippen molar-refractivity contribution < 1.29 is 28.6 Å². The molecule has 0 amide bonds. The summed E-state index contributed by atoms with van der Waals surface area (Å²) in [5.74, 6) is -0.943. The zero-order valence-corrected chi connectivity index (χ0v) is 50.4. The average molecular weight is 1080 g/mol. The number of carbonyl (C=O) groups is 3. The summed E-state index contributed by atoms with van der Waals surface area (Å²) in [6, 6.07) is 0. The Morgan fingerprint density at radius 2 is 0.500 bits per heavy atom. The zero-order valence-electron chi connectivity index (χ0n) is 50.4. The topological polar surface area (TPSA) is 78.9 Å². The van der Waals surface area contributed by atoms with E-state index in [1.54, 1.807) is 0 Å². The van der Waals surface area contributed by atoms with Crippen LogP contribution in [0, 0.1) is 0 Å². The maximum absolute atomic E-state index is 12.9. The number of unbranched alkanes of at least 4 members (excludes halogenated alkanes) is 21. The second-order valence-electron chi connectivity index (χ2n) is 20.5. The van der Waals surface area contributed by atoms with Crippen LogP contribution in [0.2, 0.25) is 0 Å². The van der Waals surface area contributed by atoms with Crippen LogP contribution in [0.1, 0.15) is 271 Å². The first-order chi connectivity index (χ1) is 38.5. The SMILES string of the molecule is CC/C=C\C/C=C\C/C=C\C/C=C\C/C=C\C/C=C\CCCCCCCCCCCCC(=O)OCC(COC(=O)CCCCCCC/C=C\C/C=C\CCCC)OC(=O)CCCCCC/C=C\C/C=C\C/C=C\C/C=C\CC. The molecule has 0 aromatic heterocycles. The summed E-state index contributed by atoms with van der Waals surface area (Å²) in [6.07, 6.45) is 92.8. The third kappa shape index (κ3) is 62.1. The van der Waals surface area contributed by atoms with Crippen molar-refractivity contribution in [3.05, 3.63) is 146 Å². The number of hydrogen-bond donors (Lipinski definition) is 0. The normalized spacial score (nSPS) is 13.1. The Hall–Kier alpha value is -4.71. The highest BCUT2D eigenvalue weighted by molar-refractivity contribution is 5.71. The quantitative estimate of drug-likeness (QED) is 0.0261. The van der Waals surface area contributed by atoms with Gasteiger partial charge in [-0.05, 0) is 135 Å². The van der Waals surface area contributed by atoms with Gasteiger partial charge in [-0.1, -0.05) is 263 Å². The third-order valence-electron chi connectivity index (χ3n) is 13.1. The van der Waals surface area contributed by atoms with E-state index in [2.05, 4.69) is 167 Å². The molecule has 0 bridgehead atoms. The van der Waals surface area contributed by atoms with Gasteiger partial charge in [-0.15, -0.1) is 0 Å². The van der Waals surface area contributed by atoms with Crippen LogP contribution in [0.15, 0.2) is 146 Å². The standard InChI is InChI=1S/C72H116O6/c1-4-7-10-13-16-19-22-25-28-30-31-32-33-34-35-36-37-38-39-40-41-43-44-47-50-53-56-59-62-65-71(74)77-68-69(67-76-70(73)64-61-58-55-52-49-46-27-24-21-18-15-12-9-6-3)78-72(75)66-63-60-57-54-51-48-45-42-29-26-23-20-17-14-11-8-5-2/h7-8,10-11,15-20,24-29,31-32,34-35,37-38,45,48,69H,4-6,9,12-14,21-23,30,33,36,39-44,46-47,49-68H2,1-3H3/b10-7-,11-8-,18-15-,19-16-,20-17-,27-24-,28-25-,29-26-,32-31-,35-34-,38-37-,48-45-. The van der Waals surface area contributed by atoms with Gasteiger partial charge in [0, 0.05) is 19.3 Å². The molecule has 78 heavy (non-hydrogen) atoms. The Labute approximate surface area is 480 Å². The van der Waals surface area contributed by atoms with Crippen LogP contribution in [0.25, 0.3) is 0 Å². The van der Waals surface area contributed by atoms with Gasteiger partial charge in [0.25, 0.3) is 0 Å². The Balaban J connectivity index is 4.36. The molecule has 440 valence electrons. The van der Waals surface area contributed by atoms with Gasteiger partial charge in [0.15, 0.2) is 6.10 Å². The predicted molar refractivity (Wildman–Crippen MR) is 339 cm³/mol. The number of ether oxygens (including phenoxy) is 3. The molecule has 1 atom stereocenters. The van der Waals surface area contributed by atoms with Gasteiger partial charge < -0.3 is 14.2 Å². The molecule has 0 fully saturated rings. The first-order valence-electron chi connectivity index (χ1n) is 31.8. The van der Waals surface area contributed by atoms with Crippen molar-refractivity contribution in [1.82, 2.24) is 0 Å². The molecule has 0 aromatic carbocycles. The summed E-state index contributed by atoms with van der Waals surface area (Å²) < 4.78 is 16.9. The van der Waals surface area contributed by atoms with Crippen molar-refractivity contribution in [1.29, 1.82) is 0 Å². The van der Waals surface area contributed by atoms with Gasteiger partial charge in [0.2, 0.25) is 0 Å². The first kappa shape index (κ1) is 73.3. The van der Waals surface area contributed by atoms with Crippen molar-refractivity contribution in [2.24, 2.45) is 0 Å². The summed E-state index contributed by atoms with van der Waals surface area (Å²) in [6.45, 7) is 6.34. The van der Waals surface area contributed by atoms with E-state index in [1.165, 1.54) is 70.6 Å². The van der Waals surface area contributed by atoms with Crippen molar-refractivity contribution >= 4 is 17.9 Å². The Morgan fingerprint density at radius 3 is 0.782 bits per heavy atom. The maximum Gasteiger partial charge on any atom is 0.306 e. The lowest BCUT2D eigenvalue weighted by Crippen LogP contribution is -2.30. The summed E-state index contributed by atoms with van der Waals surface area (Å²) in [5, 5.41) is 0. The largest absolute Gasteiger partial charge is 0.462 e. The fourth-order valence-electron chi connectivity index (χ4n) is 8.34. The molecule has 0 heterocycles. The molecule has 0 spiro atoms. The van der Waals surface area contributed by atoms with Crippen LogP contribution in [0.4, 0.5) is 0 Å². The van der Waals surface area contributed by atoms with E-state index in [1.807, 2.05) is 0 Å². The summed E-state index contributed by atoms with van der Waals surface area (Å²) in [5.41, 5.74) is 0. The van der Waals surface area contributed by atoms with Crippen LogP contribution in [0.3, 0.4) is 0 Å². The molecule has 6 nitrogen and oxygen atoms in total. The average Bonchev–Trinajstić information content (AvgIpc) is 3.44. The molecule has 0 rings (SSSR count). The van der Waals surface area contributed by atoms with Gasteiger partial charge >= 0.3 is 17.9 Å². The van der Waals surface area contributed by atoms with Crippen molar-refractivity contribution in [2.75, 3.05) is 13.2 Å². The molecule has 0 aliphatic rings. The van der Waals surface area contributed by atoms with Crippen LogP contribution < -0.4 is 0 Å². The van der Waals surface area contributed by atoms with E-state index in [9.17, 15) is 14.4 Å². The van der Waals surface area contributed by atoms with Crippen LogP contribution in [-0.4, -0.2) is 37.2 Å². The van der Waals surface area contributed by atoms with E-state index >= 15 is 0 Å². The molecular weight excluding hydrogens is 961 g/mol. The predicted octanol–water partition coefficient (Wildman–Crippen LogP) is 21.9. The molecule has 0 aliphatic carbocycles. The van der Waals surface area contributed by atoms with Gasteiger partial charge in [0.1, 0.15) is 13.2 Å². The van der Waals surface area contributed by atoms with Gasteiger partial charge in [-0.3, -0.25) is 14.4 Å². The molecular formula is C72H116O6. The number of hydrogen-bond acceptors (Lipinski definition) is 6. The minimum Gasteiger partial charge on any atom is -0.462 e. The minimum absolute atomic E-state index is 0.0995. The Morgan fingerprint density at radius 1 is 0.269 bits per heavy atom. The number of rotatable bonds is 56. The highest BCUT2D eigenvalue weighted by Gasteiger charge is 2.19. The number of allylic oxidation sites excluding steroid dienone is 24. The molecule has 0 N–H and O–H groups in total. The fourth-order valence-corrected chi connectivity index (χ4v) is 8.34. The minimum atomic E-state index is -0.805. The van der Waals surface area contributed by atoms with E-state index < -0.39 is 6.10 Å². The molecule has 0 aromatic rings.